The molecule has 0 radical (unpaired) electrons. The first-order valence-electron chi connectivity index (χ1n) is 10.6. The molecule has 0 saturated heterocycles. The van der Waals surface area contributed by atoms with Crippen molar-refractivity contribution < 1.29 is 19.4 Å². The van der Waals surface area contributed by atoms with Gasteiger partial charge in [0.15, 0.2) is 0 Å². The Morgan fingerprint density at radius 1 is 1.25 bits per heavy atom. The molecule has 7 heteroatoms. The number of hydrogen-bond donors (Lipinski definition) is 2. The highest BCUT2D eigenvalue weighted by atomic mass is 35.5. The predicted molar refractivity (Wildman–Crippen MR) is 127 cm³/mol. The van der Waals surface area contributed by atoms with E-state index in [9.17, 15) is 9.90 Å². The van der Waals surface area contributed by atoms with E-state index in [2.05, 4.69) is 5.32 Å². The number of carboxylic acids is 1. The summed E-state index contributed by atoms with van der Waals surface area (Å²) in [6.45, 7) is 10.9. The van der Waals surface area contributed by atoms with E-state index >= 15 is 0 Å². The lowest BCUT2D eigenvalue weighted by molar-refractivity contribution is -0.136. The van der Waals surface area contributed by atoms with Crippen LogP contribution in [0.3, 0.4) is 0 Å². The second-order valence-electron chi connectivity index (χ2n) is 9.06. The minimum atomic E-state index is -0.914. The molecule has 2 aromatic carbocycles. The van der Waals surface area contributed by atoms with Gasteiger partial charge in [-0.3, -0.25) is 9.78 Å². The van der Waals surface area contributed by atoms with E-state index in [1.807, 2.05) is 58.9 Å². The number of carboxylic acid groups (broad SMARTS) is 1. The van der Waals surface area contributed by atoms with Crippen LogP contribution in [0, 0.1) is 13.8 Å². The van der Waals surface area contributed by atoms with Gasteiger partial charge in [-0.25, -0.2) is 0 Å². The third-order valence-corrected chi connectivity index (χ3v) is 5.69. The van der Waals surface area contributed by atoms with Crippen LogP contribution >= 0.6 is 11.6 Å². The Kier molecular flexibility index (Phi) is 5.67. The quantitative estimate of drug-likeness (QED) is 0.520. The summed E-state index contributed by atoms with van der Waals surface area (Å²) in [6.07, 6.45) is -0.142. The molecule has 3 aromatic rings. The molecule has 0 atom stereocenters. The van der Waals surface area contributed by atoms with Crippen LogP contribution in [0.15, 0.2) is 24.3 Å². The van der Waals surface area contributed by atoms with Crippen molar-refractivity contribution in [3.8, 4) is 22.6 Å². The van der Waals surface area contributed by atoms with Crippen molar-refractivity contribution in [1.82, 2.24) is 4.98 Å². The van der Waals surface area contributed by atoms with Crippen molar-refractivity contribution in [2.75, 3.05) is 18.5 Å². The lowest BCUT2D eigenvalue weighted by Crippen LogP contribution is -2.24. The van der Waals surface area contributed by atoms with Crippen LogP contribution in [0.25, 0.3) is 22.0 Å². The highest BCUT2D eigenvalue weighted by molar-refractivity contribution is 6.37. The first-order valence-corrected chi connectivity index (χ1v) is 11.0. The third-order valence-electron chi connectivity index (χ3n) is 5.31. The van der Waals surface area contributed by atoms with Gasteiger partial charge in [0.1, 0.15) is 23.7 Å². The smallest absolute Gasteiger partial charge is 0.307 e. The van der Waals surface area contributed by atoms with Crippen molar-refractivity contribution >= 4 is 34.2 Å². The number of fused-ring (bicyclic) bond motifs is 2. The van der Waals surface area contributed by atoms with Crippen LogP contribution in [-0.4, -0.2) is 34.8 Å². The fraction of sp³-hybridized carbons (Fsp3) is 0.360. The van der Waals surface area contributed by atoms with Crippen molar-refractivity contribution in [1.29, 1.82) is 0 Å². The summed E-state index contributed by atoms with van der Waals surface area (Å²) in [4.78, 5) is 16.5. The maximum Gasteiger partial charge on any atom is 0.307 e. The minimum absolute atomic E-state index is 0.142. The average Bonchev–Trinajstić information content (AvgIpc) is 2.68. The van der Waals surface area contributed by atoms with Gasteiger partial charge in [0.25, 0.3) is 0 Å². The molecule has 0 amide bonds. The second-order valence-corrected chi connectivity index (χ2v) is 9.44. The molecule has 4 rings (SSSR count). The van der Waals surface area contributed by atoms with Crippen LogP contribution in [-0.2, 0) is 11.2 Å². The van der Waals surface area contributed by atoms with Gasteiger partial charge >= 0.3 is 5.97 Å². The Morgan fingerprint density at radius 3 is 2.69 bits per heavy atom. The molecule has 1 aromatic heterocycles. The SMILES string of the molecule is Cc1ccc2c(-c3c(OC(C)(C)C)cc4c(c3Cl)NCCO4)c(CC(=O)O)c(C)cc2n1. The van der Waals surface area contributed by atoms with Gasteiger partial charge in [0.05, 0.1) is 22.6 Å². The maximum absolute atomic E-state index is 11.8. The topological polar surface area (TPSA) is 80.7 Å². The number of aliphatic carboxylic acids is 1. The average molecular weight is 455 g/mol. The van der Waals surface area contributed by atoms with Gasteiger partial charge in [-0.2, -0.15) is 0 Å². The first kappa shape index (κ1) is 22.2. The van der Waals surface area contributed by atoms with E-state index < -0.39 is 11.6 Å². The van der Waals surface area contributed by atoms with Gasteiger partial charge < -0.3 is 19.9 Å². The highest BCUT2D eigenvalue weighted by Gasteiger charge is 2.28. The summed E-state index contributed by atoms with van der Waals surface area (Å²) in [6, 6.07) is 7.67. The molecule has 0 spiro atoms. The number of hydrogen-bond acceptors (Lipinski definition) is 5. The normalized spacial score (nSPS) is 13.3. The Hall–Kier alpha value is -2.99. The second kappa shape index (κ2) is 8.17. The molecule has 32 heavy (non-hydrogen) atoms. The number of aromatic nitrogens is 1. The van der Waals surface area contributed by atoms with E-state index in [-0.39, 0.29) is 6.42 Å². The van der Waals surface area contributed by atoms with Crippen LogP contribution in [0.5, 0.6) is 11.5 Å². The number of anilines is 1. The summed E-state index contributed by atoms with van der Waals surface area (Å²) < 4.78 is 12.2. The van der Waals surface area contributed by atoms with E-state index in [4.69, 9.17) is 26.1 Å². The Morgan fingerprint density at radius 2 is 2.00 bits per heavy atom. The van der Waals surface area contributed by atoms with Crippen LogP contribution in [0.4, 0.5) is 5.69 Å². The van der Waals surface area contributed by atoms with Crippen molar-refractivity contribution in [3.63, 3.8) is 0 Å². The molecule has 0 fully saturated rings. The number of nitrogens with one attached hydrogen (secondary N) is 1. The minimum Gasteiger partial charge on any atom is -0.489 e. The van der Waals surface area contributed by atoms with E-state index in [1.54, 1.807) is 0 Å². The fourth-order valence-electron chi connectivity index (χ4n) is 4.08. The number of nitrogens with zero attached hydrogens (tertiary/aromatic N) is 1. The lowest BCUT2D eigenvalue weighted by Gasteiger charge is -2.29. The molecule has 0 aliphatic carbocycles. The summed E-state index contributed by atoms with van der Waals surface area (Å²) in [5.41, 5.74) is 4.75. The number of ether oxygens (including phenoxy) is 2. The number of carbonyl (C=O) groups is 1. The highest BCUT2D eigenvalue weighted by Crippen LogP contribution is 2.51. The van der Waals surface area contributed by atoms with E-state index in [0.29, 0.717) is 46.5 Å². The monoisotopic (exact) mass is 454 g/mol. The number of pyridine rings is 1. The molecule has 2 heterocycles. The number of halogens is 1. The largest absolute Gasteiger partial charge is 0.489 e. The zero-order valence-electron chi connectivity index (χ0n) is 18.9. The Bertz CT molecular complexity index is 1230. The Balaban J connectivity index is 2.14. The molecular formula is C25H27ClN2O4. The van der Waals surface area contributed by atoms with Crippen molar-refractivity contribution in [2.45, 2.75) is 46.6 Å². The molecule has 2 N–H and O–H groups in total. The summed E-state index contributed by atoms with van der Waals surface area (Å²) >= 11 is 7.00. The molecular weight excluding hydrogens is 428 g/mol. The van der Waals surface area contributed by atoms with Gasteiger partial charge in [0.2, 0.25) is 0 Å². The molecule has 168 valence electrons. The summed E-state index contributed by atoms with van der Waals surface area (Å²) in [5, 5.41) is 14.3. The van der Waals surface area contributed by atoms with Gasteiger partial charge in [-0.05, 0) is 57.9 Å². The van der Waals surface area contributed by atoms with Crippen molar-refractivity contribution in [2.24, 2.45) is 0 Å². The number of aryl methyl sites for hydroxylation is 2. The maximum atomic E-state index is 11.8. The van der Waals surface area contributed by atoms with Crippen LogP contribution < -0.4 is 14.8 Å². The molecule has 0 bridgehead atoms. The number of benzene rings is 2. The fourth-order valence-corrected chi connectivity index (χ4v) is 4.43. The van der Waals surface area contributed by atoms with E-state index in [0.717, 1.165) is 27.7 Å². The van der Waals surface area contributed by atoms with Crippen molar-refractivity contribution in [3.05, 3.63) is 46.1 Å². The zero-order chi connectivity index (χ0) is 23.2. The standard InChI is InChI=1S/C25H27ClN2O4/c1-13-10-17-15(7-6-14(2)28-17)21(16(13)11-20(29)30)22-18(32-25(3,4)5)12-19-24(23(22)26)27-8-9-31-19/h6-7,10,12,27H,8-9,11H2,1-5H3,(H,29,30). The molecule has 0 saturated carbocycles. The zero-order valence-corrected chi connectivity index (χ0v) is 19.7. The first-order chi connectivity index (χ1) is 15.0. The molecule has 1 aliphatic heterocycles. The summed E-state index contributed by atoms with van der Waals surface area (Å²) in [7, 11) is 0. The predicted octanol–water partition coefficient (Wildman–Crippen LogP) is 5.78. The number of rotatable bonds is 4. The van der Waals surface area contributed by atoms with Gasteiger partial charge in [-0.15, -0.1) is 0 Å². The van der Waals surface area contributed by atoms with E-state index in [1.165, 1.54) is 0 Å². The third kappa shape index (κ3) is 4.19. The Labute approximate surface area is 192 Å². The molecule has 6 nitrogen and oxygen atoms in total. The van der Waals surface area contributed by atoms with Gasteiger partial charge in [0, 0.05) is 34.8 Å². The van der Waals surface area contributed by atoms with Crippen LogP contribution in [0.2, 0.25) is 5.02 Å². The molecule has 1 aliphatic rings. The van der Waals surface area contributed by atoms with Gasteiger partial charge in [-0.1, -0.05) is 17.7 Å². The molecule has 0 unspecified atom stereocenters. The van der Waals surface area contributed by atoms with Crippen LogP contribution in [0.1, 0.15) is 37.6 Å². The summed E-state index contributed by atoms with van der Waals surface area (Å²) in [5.74, 6) is 0.252. The lowest BCUT2D eigenvalue weighted by atomic mass is 9.88.